The highest BCUT2D eigenvalue weighted by Gasteiger charge is 2.54. The van der Waals surface area contributed by atoms with Crippen LogP contribution in [0.15, 0.2) is 0 Å². The Morgan fingerprint density at radius 2 is 2.08 bits per heavy atom. The number of carbonyl (C=O) groups excluding carboxylic acids is 1. The Kier molecular flexibility index (Phi) is 2.11. The number of carbonyl (C=O) groups is 1. The monoisotopic (exact) mass is 209 g/mol. The third-order valence-electron chi connectivity index (χ3n) is 1.92. The van der Waals surface area contributed by atoms with Crippen molar-refractivity contribution in [2.45, 2.75) is 25.4 Å². The van der Waals surface area contributed by atoms with Crippen molar-refractivity contribution in [1.29, 1.82) is 0 Å². The standard InChI is InChI=1S/C5H10N2O5S/c1-5(2)3(6)4(8)7(5)12-13(9,10)11/h3H,6H2,1-2H3,(H,9,10,11)/p-1. The van der Waals surface area contributed by atoms with Gasteiger partial charge in [0, 0.05) is 0 Å². The van der Waals surface area contributed by atoms with Crippen LogP contribution in [0.1, 0.15) is 13.8 Å². The van der Waals surface area contributed by atoms with Gasteiger partial charge in [0.05, 0.1) is 5.54 Å². The molecule has 0 saturated carbocycles. The van der Waals surface area contributed by atoms with Gasteiger partial charge in [0.1, 0.15) is 6.04 Å². The van der Waals surface area contributed by atoms with Crippen molar-refractivity contribution in [3.8, 4) is 0 Å². The molecule has 1 rings (SSSR count). The third-order valence-corrected chi connectivity index (χ3v) is 2.25. The molecule has 0 spiro atoms. The van der Waals surface area contributed by atoms with Crippen LogP contribution in [0.25, 0.3) is 0 Å². The predicted octanol–water partition coefficient (Wildman–Crippen LogP) is -1.67. The molecule has 1 unspecified atom stereocenters. The first-order chi connectivity index (χ1) is 5.66. The summed E-state index contributed by atoms with van der Waals surface area (Å²) in [6.07, 6.45) is 0. The van der Waals surface area contributed by atoms with Crippen molar-refractivity contribution in [1.82, 2.24) is 5.06 Å². The van der Waals surface area contributed by atoms with Crippen LogP contribution in [-0.4, -0.2) is 35.5 Å². The van der Waals surface area contributed by atoms with E-state index in [2.05, 4.69) is 4.28 Å². The average molecular weight is 209 g/mol. The van der Waals surface area contributed by atoms with Crippen LogP contribution >= 0.6 is 0 Å². The zero-order valence-electron chi connectivity index (χ0n) is 7.05. The van der Waals surface area contributed by atoms with Crippen molar-refractivity contribution in [3.05, 3.63) is 0 Å². The topological polar surface area (TPSA) is 113 Å². The van der Waals surface area contributed by atoms with Gasteiger partial charge in [0.25, 0.3) is 5.91 Å². The molecule has 1 amide bonds. The first-order valence-electron chi connectivity index (χ1n) is 3.41. The number of nitrogens with zero attached hydrogens (tertiary/aromatic N) is 1. The van der Waals surface area contributed by atoms with Crippen LogP contribution in [0, 0.1) is 0 Å². The fraction of sp³-hybridized carbons (Fsp3) is 0.800. The quantitative estimate of drug-likeness (QED) is 0.330. The highest BCUT2D eigenvalue weighted by Crippen LogP contribution is 2.30. The van der Waals surface area contributed by atoms with Gasteiger partial charge in [0.15, 0.2) is 0 Å². The molecule has 1 aliphatic heterocycles. The average Bonchev–Trinajstić information content (AvgIpc) is 1.96. The third kappa shape index (κ3) is 1.66. The summed E-state index contributed by atoms with van der Waals surface area (Å²) in [5.41, 5.74) is 4.38. The van der Waals surface area contributed by atoms with Crippen molar-refractivity contribution < 1.29 is 22.0 Å². The molecule has 1 atom stereocenters. The Balaban J connectivity index is 2.80. The highest BCUT2D eigenvalue weighted by atomic mass is 32.3. The van der Waals surface area contributed by atoms with Crippen molar-refractivity contribution >= 4 is 16.3 Å². The summed E-state index contributed by atoms with van der Waals surface area (Å²) in [5.74, 6) is -0.718. The molecule has 0 aromatic rings. The molecule has 1 fully saturated rings. The summed E-state index contributed by atoms with van der Waals surface area (Å²) in [7, 11) is -4.91. The van der Waals surface area contributed by atoms with E-state index >= 15 is 0 Å². The first-order valence-corrected chi connectivity index (χ1v) is 4.74. The second kappa shape index (κ2) is 2.64. The minimum Gasteiger partial charge on any atom is -0.724 e. The molecule has 2 N–H and O–H groups in total. The van der Waals surface area contributed by atoms with Gasteiger partial charge in [-0.3, -0.25) is 4.79 Å². The SMILES string of the molecule is CC1(C)C(N)C(=O)N1OS(=O)(=O)[O-]. The lowest BCUT2D eigenvalue weighted by atomic mass is 9.86. The Bertz CT molecular complexity index is 335. The molecule has 0 aromatic carbocycles. The Hall–Kier alpha value is -0.700. The largest absolute Gasteiger partial charge is 0.724 e. The molecule has 0 aromatic heterocycles. The molecule has 8 heteroatoms. The second-order valence-electron chi connectivity index (χ2n) is 3.25. The van der Waals surface area contributed by atoms with E-state index in [1.807, 2.05) is 0 Å². The lowest BCUT2D eigenvalue weighted by Crippen LogP contribution is -2.74. The molecule has 7 nitrogen and oxygen atoms in total. The van der Waals surface area contributed by atoms with Gasteiger partial charge in [-0.25, -0.2) is 8.42 Å². The molecule has 1 aliphatic rings. The maximum absolute atomic E-state index is 10.9. The minimum absolute atomic E-state index is 0.472. The maximum Gasteiger partial charge on any atom is 0.267 e. The van der Waals surface area contributed by atoms with Crippen LogP contribution in [0.2, 0.25) is 0 Å². The Morgan fingerprint density at radius 3 is 2.38 bits per heavy atom. The van der Waals surface area contributed by atoms with Crippen molar-refractivity contribution in [3.63, 3.8) is 0 Å². The first kappa shape index (κ1) is 10.4. The number of rotatable bonds is 2. The molecule has 1 saturated heterocycles. The van der Waals surface area contributed by atoms with Crippen molar-refractivity contribution in [2.24, 2.45) is 5.73 Å². The summed E-state index contributed by atoms with van der Waals surface area (Å²) >= 11 is 0. The van der Waals surface area contributed by atoms with Crippen LogP contribution in [-0.2, 0) is 19.5 Å². The summed E-state index contributed by atoms with van der Waals surface area (Å²) in [6.45, 7) is 2.98. The van der Waals surface area contributed by atoms with Crippen LogP contribution in [0.4, 0.5) is 0 Å². The fourth-order valence-electron chi connectivity index (χ4n) is 0.997. The lowest BCUT2D eigenvalue weighted by Gasteiger charge is -2.49. The normalized spacial score (nSPS) is 27.2. The number of hydroxylamine groups is 2. The zero-order chi connectivity index (χ0) is 10.4. The van der Waals surface area contributed by atoms with E-state index < -0.39 is 27.9 Å². The maximum atomic E-state index is 10.9. The van der Waals surface area contributed by atoms with E-state index in [1.165, 1.54) is 13.8 Å². The van der Waals surface area contributed by atoms with Gasteiger partial charge in [-0.05, 0) is 13.8 Å². The van der Waals surface area contributed by atoms with E-state index in [4.69, 9.17) is 5.73 Å². The molecule has 0 aliphatic carbocycles. The lowest BCUT2D eigenvalue weighted by molar-refractivity contribution is -0.215. The second-order valence-corrected chi connectivity index (χ2v) is 4.21. The van der Waals surface area contributed by atoms with Gasteiger partial charge in [0.2, 0.25) is 10.4 Å². The fourth-order valence-corrected chi connectivity index (χ4v) is 1.44. The number of hydrogen-bond donors (Lipinski definition) is 1. The molecular weight excluding hydrogens is 200 g/mol. The van der Waals surface area contributed by atoms with Crippen LogP contribution < -0.4 is 5.73 Å². The predicted molar refractivity (Wildman–Crippen MR) is 39.7 cm³/mol. The highest BCUT2D eigenvalue weighted by molar-refractivity contribution is 7.80. The smallest absolute Gasteiger partial charge is 0.267 e. The van der Waals surface area contributed by atoms with E-state index in [1.54, 1.807) is 0 Å². The van der Waals surface area contributed by atoms with Gasteiger partial charge in [-0.15, -0.1) is 0 Å². The van der Waals surface area contributed by atoms with Gasteiger partial charge < -0.3 is 10.3 Å². The van der Waals surface area contributed by atoms with Gasteiger partial charge >= 0.3 is 0 Å². The summed E-state index contributed by atoms with van der Waals surface area (Å²) in [6, 6.07) is -0.839. The summed E-state index contributed by atoms with van der Waals surface area (Å²) in [5, 5.41) is 0.472. The van der Waals surface area contributed by atoms with E-state index in [0.29, 0.717) is 5.06 Å². The molecule has 0 radical (unpaired) electrons. The molecular formula is C5H9N2O5S-. The number of β-lactam (4-membered cyclic amide) rings is 1. The Morgan fingerprint density at radius 1 is 1.62 bits per heavy atom. The van der Waals surface area contributed by atoms with Gasteiger partial charge in [-0.1, -0.05) is 0 Å². The van der Waals surface area contributed by atoms with E-state index in [-0.39, 0.29) is 0 Å². The van der Waals surface area contributed by atoms with Crippen molar-refractivity contribution in [2.75, 3.05) is 0 Å². The van der Waals surface area contributed by atoms with Crippen LogP contribution in [0.5, 0.6) is 0 Å². The zero-order valence-corrected chi connectivity index (χ0v) is 7.87. The summed E-state index contributed by atoms with van der Waals surface area (Å²) in [4.78, 5) is 10.9. The van der Waals surface area contributed by atoms with Gasteiger partial charge in [-0.2, -0.15) is 9.35 Å². The molecule has 0 bridgehead atoms. The summed E-state index contributed by atoms with van der Waals surface area (Å²) < 4.78 is 34.4. The Labute approximate surface area is 75.4 Å². The molecule has 13 heavy (non-hydrogen) atoms. The molecule has 1 heterocycles. The number of hydrogen-bond acceptors (Lipinski definition) is 6. The number of nitrogens with two attached hydrogens (primary N) is 1. The minimum atomic E-state index is -4.91. The van der Waals surface area contributed by atoms with E-state index in [0.717, 1.165) is 0 Å². The molecule has 76 valence electrons. The number of amides is 1. The van der Waals surface area contributed by atoms with Crippen LogP contribution in [0.3, 0.4) is 0 Å². The van der Waals surface area contributed by atoms with E-state index in [9.17, 15) is 17.8 Å².